The number of H-pyrrole nitrogens is 1. The Kier molecular flexibility index (Phi) is 2.98. The lowest BCUT2D eigenvalue weighted by molar-refractivity contribution is -0.387. The summed E-state index contributed by atoms with van der Waals surface area (Å²) in [4.78, 5) is 9.44. The van der Waals surface area contributed by atoms with Crippen molar-refractivity contribution in [1.82, 2.24) is 10.2 Å². The maximum Gasteiger partial charge on any atom is 0.347 e. The average molecular weight is 269 g/mol. The fraction of sp³-hybridized carbons (Fsp3) is 0. The van der Waals surface area contributed by atoms with E-state index in [4.69, 9.17) is 0 Å². The average Bonchev–Trinajstić information content (AvgIpc) is 2.81. The van der Waals surface area contributed by atoms with Crippen LogP contribution in [0, 0.1) is 10.1 Å². The van der Waals surface area contributed by atoms with Gasteiger partial charge in [-0.25, -0.2) is 5.10 Å². The van der Waals surface area contributed by atoms with Crippen molar-refractivity contribution in [2.75, 3.05) is 0 Å². The monoisotopic (exact) mass is 269 g/mol. The first-order valence-corrected chi connectivity index (χ1v) is 6.09. The number of hydrogen-bond acceptors (Lipinski definition) is 6. The van der Waals surface area contributed by atoms with Crippen LogP contribution < -0.4 is 4.18 Å². The summed E-state index contributed by atoms with van der Waals surface area (Å²) in [5.41, 5.74) is -0.544. The summed E-state index contributed by atoms with van der Waals surface area (Å²) in [6.07, 6.45) is 1.30. The van der Waals surface area contributed by atoms with Crippen LogP contribution in [0.4, 0.5) is 5.69 Å². The number of para-hydroxylation sites is 1. The minimum absolute atomic E-state index is 0.117. The smallest absolute Gasteiger partial charge is 0.347 e. The maximum atomic E-state index is 11.9. The first-order chi connectivity index (χ1) is 8.50. The third kappa shape index (κ3) is 2.30. The number of aromatic nitrogens is 2. The van der Waals surface area contributed by atoms with Gasteiger partial charge in [0.1, 0.15) is 0 Å². The molecule has 0 aliphatic carbocycles. The van der Waals surface area contributed by atoms with Crippen LogP contribution in [0.3, 0.4) is 0 Å². The molecule has 9 heteroatoms. The van der Waals surface area contributed by atoms with E-state index in [1.807, 2.05) is 0 Å². The standard InChI is InChI=1S/C9H7N3O5S/c13-12(14)7-3-1-2-4-8(7)18(15,16)17-9-5-6-10-11-9/h1-6H,(H,10,11). The second-order valence-corrected chi connectivity index (χ2v) is 4.70. The minimum atomic E-state index is -4.27. The van der Waals surface area contributed by atoms with Crippen molar-refractivity contribution in [2.45, 2.75) is 4.90 Å². The van der Waals surface area contributed by atoms with Crippen LogP contribution >= 0.6 is 0 Å². The summed E-state index contributed by atoms with van der Waals surface area (Å²) in [6.45, 7) is 0. The van der Waals surface area contributed by atoms with Crippen molar-refractivity contribution >= 4 is 15.8 Å². The molecule has 0 unspecified atom stereocenters. The number of rotatable bonds is 4. The van der Waals surface area contributed by atoms with Gasteiger partial charge in [0.15, 0.2) is 4.90 Å². The molecule has 0 saturated heterocycles. The number of nitro benzene ring substituents is 1. The van der Waals surface area contributed by atoms with Crippen molar-refractivity contribution in [1.29, 1.82) is 0 Å². The third-order valence-corrected chi connectivity index (χ3v) is 3.29. The predicted molar refractivity (Wildman–Crippen MR) is 59.5 cm³/mol. The fourth-order valence-electron chi connectivity index (χ4n) is 1.27. The highest BCUT2D eigenvalue weighted by molar-refractivity contribution is 7.87. The van der Waals surface area contributed by atoms with Gasteiger partial charge in [-0.1, -0.05) is 12.1 Å². The van der Waals surface area contributed by atoms with E-state index in [0.29, 0.717) is 0 Å². The zero-order valence-corrected chi connectivity index (χ0v) is 9.62. The molecule has 0 atom stereocenters. The number of benzene rings is 1. The summed E-state index contributed by atoms with van der Waals surface area (Å²) in [7, 11) is -4.27. The Morgan fingerprint density at radius 2 is 2.00 bits per heavy atom. The van der Waals surface area contributed by atoms with Gasteiger partial charge in [0.2, 0.25) is 5.88 Å². The molecule has 94 valence electrons. The van der Waals surface area contributed by atoms with E-state index in [1.165, 1.54) is 24.4 Å². The fourth-order valence-corrected chi connectivity index (χ4v) is 2.33. The largest absolute Gasteiger partial charge is 0.359 e. The van der Waals surface area contributed by atoms with E-state index in [1.54, 1.807) is 0 Å². The Morgan fingerprint density at radius 3 is 2.61 bits per heavy atom. The molecule has 2 aromatic rings. The Balaban J connectivity index is 2.45. The molecule has 0 aliphatic heterocycles. The lowest BCUT2D eigenvalue weighted by atomic mass is 10.3. The minimum Gasteiger partial charge on any atom is -0.359 e. The van der Waals surface area contributed by atoms with E-state index < -0.39 is 25.6 Å². The van der Waals surface area contributed by atoms with Crippen molar-refractivity contribution in [2.24, 2.45) is 0 Å². The molecule has 18 heavy (non-hydrogen) atoms. The third-order valence-electron chi connectivity index (χ3n) is 2.01. The van der Waals surface area contributed by atoms with E-state index in [-0.39, 0.29) is 5.88 Å². The van der Waals surface area contributed by atoms with Crippen LogP contribution in [-0.2, 0) is 10.1 Å². The summed E-state index contributed by atoms with van der Waals surface area (Å²) in [6, 6.07) is 6.21. The highest BCUT2D eigenvalue weighted by Crippen LogP contribution is 2.25. The SMILES string of the molecule is O=[N+]([O-])c1ccccc1S(=O)(=O)Oc1ccn[nH]1. The van der Waals surface area contributed by atoms with Crippen LogP contribution in [0.1, 0.15) is 0 Å². The van der Waals surface area contributed by atoms with Gasteiger partial charge in [-0.2, -0.15) is 13.5 Å². The van der Waals surface area contributed by atoms with Crippen molar-refractivity contribution in [3.05, 3.63) is 46.6 Å². The molecule has 0 amide bonds. The number of aromatic amines is 1. The van der Waals surface area contributed by atoms with E-state index in [2.05, 4.69) is 14.4 Å². The molecule has 8 nitrogen and oxygen atoms in total. The Morgan fingerprint density at radius 1 is 1.28 bits per heavy atom. The van der Waals surface area contributed by atoms with Gasteiger partial charge in [0.25, 0.3) is 5.69 Å². The summed E-state index contributed by atoms with van der Waals surface area (Å²) >= 11 is 0. The van der Waals surface area contributed by atoms with Crippen molar-refractivity contribution in [3.8, 4) is 5.88 Å². The van der Waals surface area contributed by atoms with Crippen molar-refractivity contribution < 1.29 is 17.5 Å². The lowest BCUT2D eigenvalue weighted by Gasteiger charge is -2.04. The van der Waals surface area contributed by atoms with Gasteiger partial charge in [0.05, 0.1) is 11.1 Å². The normalized spacial score (nSPS) is 11.1. The highest BCUT2D eigenvalue weighted by Gasteiger charge is 2.27. The van der Waals surface area contributed by atoms with Gasteiger partial charge >= 0.3 is 10.1 Å². The van der Waals surface area contributed by atoms with Gasteiger partial charge in [-0.05, 0) is 6.07 Å². The molecular formula is C9H7N3O5S. The van der Waals surface area contributed by atoms with Crippen LogP contribution in [0.25, 0.3) is 0 Å². The van der Waals surface area contributed by atoms with E-state index >= 15 is 0 Å². The highest BCUT2D eigenvalue weighted by atomic mass is 32.2. The number of nitrogens with one attached hydrogen (secondary N) is 1. The Hall–Kier alpha value is -2.42. The van der Waals surface area contributed by atoms with Gasteiger partial charge in [-0.3, -0.25) is 10.1 Å². The van der Waals surface area contributed by atoms with Crippen molar-refractivity contribution in [3.63, 3.8) is 0 Å². The summed E-state index contributed by atoms with van der Waals surface area (Å²) in [5.74, 6) is -0.117. The summed E-state index contributed by atoms with van der Waals surface area (Å²) < 4.78 is 28.4. The van der Waals surface area contributed by atoms with Gasteiger partial charge in [-0.15, -0.1) is 0 Å². The zero-order valence-electron chi connectivity index (χ0n) is 8.81. The lowest BCUT2D eigenvalue weighted by Crippen LogP contribution is -2.12. The predicted octanol–water partition coefficient (Wildman–Crippen LogP) is 1.09. The molecular weight excluding hydrogens is 262 g/mol. The molecule has 0 fully saturated rings. The Bertz CT molecular complexity index is 665. The summed E-state index contributed by atoms with van der Waals surface area (Å²) in [5, 5.41) is 16.5. The van der Waals surface area contributed by atoms with E-state index in [0.717, 1.165) is 12.1 Å². The molecule has 0 radical (unpaired) electrons. The molecule has 1 aromatic heterocycles. The topological polar surface area (TPSA) is 115 Å². The molecule has 1 heterocycles. The van der Waals surface area contributed by atoms with Crippen LogP contribution in [0.5, 0.6) is 5.88 Å². The number of hydrogen-bond donors (Lipinski definition) is 1. The van der Waals surface area contributed by atoms with Gasteiger partial charge < -0.3 is 4.18 Å². The van der Waals surface area contributed by atoms with Crippen LogP contribution in [0.2, 0.25) is 0 Å². The number of nitro groups is 1. The Labute approximate surface area is 101 Å². The second kappa shape index (κ2) is 4.45. The molecule has 1 aromatic carbocycles. The molecule has 2 rings (SSSR count). The quantitative estimate of drug-likeness (QED) is 0.504. The zero-order chi connectivity index (χ0) is 13.2. The molecule has 0 spiro atoms. The molecule has 0 bridgehead atoms. The molecule has 1 N–H and O–H groups in total. The number of nitrogens with zero attached hydrogens (tertiary/aromatic N) is 2. The molecule has 0 aliphatic rings. The van der Waals surface area contributed by atoms with Crippen LogP contribution in [0.15, 0.2) is 41.4 Å². The van der Waals surface area contributed by atoms with Crippen LogP contribution in [-0.4, -0.2) is 23.5 Å². The van der Waals surface area contributed by atoms with E-state index in [9.17, 15) is 18.5 Å². The first-order valence-electron chi connectivity index (χ1n) is 4.68. The molecule has 0 saturated carbocycles. The maximum absolute atomic E-state index is 11.9. The van der Waals surface area contributed by atoms with Gasteiger partial charge in [0, 0.05) is 12.1 Å². The first kappa shape index (κ1) is 12.0. The second-order valence-electron chi connectivity index (χ2n) is 3.18.